The lowest BCUT2D eigenvalue weighted by Crippen LogP contribution is -2.32. The average molecular weight is 344 g/mol. The van der Waals surface area contributed by atoms with Crippen LogP contribution in [0.2, 0.25) is 0 Å². The van der Waals surface area contributed by atoms with Gasteiger partial charge in [0.15, 0.2) is 11.0 Å². The van der Waals surface area contributed by atoms with Crippen molar-refractivity contribution in [3.8, 4) is 0 Å². The van der Waals surface area contributed by atoms with Crippen LogP contribution in [0.25, 0.3) is 11.0 Å². The zero-order valence-corrected chi connectivity index (χ0v) is 13.9. The molecule has 21 heavy (non-hydrogen) atoms. The van der Waals surface area contributed by atoms with E-state index < -0.39 is 0 Å². The number of imidazole rings is 1. The molecule has 0 unspecified atom stereocenters. The van der Waals surface area contributed by atoms with Gasteiger partial charge in [0.25, 0.3) is 0 Å². The van der Waals surface area contributed by atoms with E-state index in [0.29, 0.717) is 0 Å². The molecule has 0 aliphatic rings. The van der Waals surface area contributed by atoms with Crippen molar-refractivity contribution < 1.29 is 4.57 Å². The first-order chi connectivity index (χ1) is 10.3. The molecule has 1 heterocycles. The summed E-state index contributed by atoms with van der Waals surface area (Å²) in [5.41, 5.74) is 3.95. The summed E-state index contributed by atoms with van der Waals surface area (Å²) in [6, 6.07) is 17.2. The molecular formula is C18H20BrN2+. The normalized spacial score (nSPS) is 11.1. The minimum Gasteiger partial charge on any atom is -0.230 e. The molecule has 0 saturated carbocycles. The molecular weight excluding hydrogens is 324 g/mol. The van der Waals surface area contributed by atoms with Gasteiger partial charge in [-0.15, -0.1) is 0 Å². The van der Waals surface area contributed by atoms with Crippen molar-refractivity contribution in [2.45, 2.75) is 32.9 Å². The molecule has 3 heteroatoms. The SMILES string of the molecule is CCCCn1c[n+](Cc2ccc(Br)cc2)c2ccccc21. The number of nitrogens with zero attached hydrogens (tertiary/aromatic N) is 2. The van der Waals surface area contributed by atoms with E-state index in [1.165, 1.54) is 29.4 Å². The monoisotopic (exact) mass is 343 g/mol. The summed E-state index contributed by atoms with van der Waals surface area (Å²) in [5, 5.41) is 0. The molecule has 1 aromatic heterocycles. The lowest BCUT2D eigenvalue weighted by molar-refractivity contribution is -0.663. The Morgan fingerprint density at radius 1 is 1.05 bits per heavy atom. The third kappa shape index (κ3) is 3.18. The Morgan fingerprint density at radius 2 is 1.81 bits per heavy atom. The van der Waals surface area contributed by atoms with Crippen LogP contribution in [0.3, 0.4) is 0 Å². The summed E-state index contributed by atoms with van der Waals surface area (Å²) < 4.78 is 5.84. The van der Waals surface area contributed by atoms with E-state index in [0.717, 1.165) is 17.6 Å². The summed E-state index contributed by atoms with van der Waals surface area (Å²) in [4.78, 5) is 0. The van der Waals surface area contributed by atoms with E-state index in [2.05, 4.69) is 86.8 Å². The number of halogens is 1. The zero-order valence-electron chi connectivity index (χ0n) is 12.3. The molecule has 108 valence electrons. The minimum absolute atomic E-state index is 0.910. The Balaban J connectivity index is 1.96. The minimum atomic E-state index is 0.910. The smallest absolute Gasteiger partial charge is 0.230 e. The van der Waals surface area contributed by atoms with E-state index in [1.54, 1.807) is 0 Å². The van der Waals surface area contributed by atoms with Crippen molar-refractivity contribution in [3.63, 3.8) is 0 Å². The Hall–Kier alpha value is -1.61. The Morgan fingerprint density at radius 3 is 2.57 bits per heavy atom. The van der Waals surface area contributed by atoms with Gasteiger partial charge in [-0.3, -0.25) is 0 Å². The van der Waals surface area contributed by atoms with Crippen LogP contribution in [0.5, 0.6) is 0 Å². The second-order valence-corrected chi connectivity index (χ2v) is 6.32. The summed E-state index contributed by atoms with van der Waals surface area (Å²) in [5.74, 6) is 0. The number of benzene rings is 2. The van der Waals surface area contributed by atoms with Crippen molar-refractivity contribution >= 4 is 27.0 Å². The maximum Gasteiger partial charge on any atom is 0.245 e. The van der Waals surface area contributed by atoms with Crippen molar-refractivity contribution in [1.82, 2.24) is 4.57 Å². The fourth-order valence-corrected chi connectivity index (χ4v) is 2.93. The number of hydrogen-bond donors (Lipinski definition) is 0. The van der Waals surface area contributed by atoms with Gasteiger partial charge in [0.2, 0.25) is 6.33 Å². The van der Waals surface area contributed by atoms with E-state index in [4.69, 9.17) is 0 Å². The first-order valence-corrected chi connectivity index (χ1v) is 8.29. The van der Waals surface area contributed by atoms with E-state index in [9.17, 15) is 0 Å². The molecule has 3 rings (SSSR count). The van der Waals surface area contributed by atoms with Gasteiger partial charge in [-0.2, -0.15) is 0 Å². The number of hydrogen-bond acceptors (Lipinski definition) is 0. The van der Waals surface area contributed by atoms with E-state index in [1.807, 2.05) is 0 Å². The fraction of sp³-hybridized carbons (Fsp3) is 0.278. The Bertz CT molecular complexity index is 729. The molecule has 0 saturated heterocycles. The molecule has 0 fully saturated rings. The highest BCUT2D eigenvalue weighted by atomic mass is 79.9. The van der Waals surface area contributed by atoms with Gasteiger partial charge >= 0.3 is 0 Å². The Labute approximate surface area is 134 Å². The molecule has 0 aliphatic carbocycles. The second kappa shape index (κ2) is 6.44. The summed E-state index contributed by atoms with van der Waals surface area (Å²) in [7, 11) is 0. The lowest BCUT2D eigenvalue weighted by atomic mass is 10.2. The van der Waals surface area contributed by atoms with Crippen LogP contribution >= 0.6 is 15.9 Å². The van der Waals surface area contributed by atoms with E-state index in [-0.39, 0.29) is 0 Å². The van der Waals surface area contributed by atoms with Crippen LogP contribution in [0, 0.1) is 0 Å². The molecule has 0 radical (unpaired) electrons. The van der Waals surface area contributed by atoms with Gasteiger partial charge in [-0.25, -0.2) is 9.13 Å². The van der Waals surface area contributed by atoms with Crippen LogP contribution in [0.1, 0.15) is 25.3 Å². The number of rotatable bonds is 5. The topological polar surface area (TPSA) is 8.81 Å². The van der Waals surface area contributed by atoms with Gasteiger partial charge in [0.1, 0.15) is 6.54 Å². The summed E-state index contributed by atoms with van der Waals surface area (Å²) in [6.45, 7) is 4.23. The number of para-hydroxylation sites is 2. The fourth-order valence-electron chi connectivity index (χ4n) is 2.66. The van der Waals surface area contributed by atoms with Gasteiger partial charge in [-0.05, 0) is 36.2 Å². The summed E-state index contributed by atoms with van der Waals surface area (Å²) in [6.07, 6.45) is 4.69. The first-order valence-electron chi connectivity index (χ1n) is 7.49. The van der Waals surface area contributed by atoms with Crippen molar-refractivity contribution in [2.75, 3.05) is 0 Å². The van der Waals surface area contributed by atoms with Crippen LogP contribution in [-0.4, -0.2) is 4.57 Å². The zero-order chi connectivity index (χ0) is 14.7. The van der Waals surface area contributed by atoms with Crippen LogP contribution < -0.4 is 4.57 Å². The van der Waals surface area contributed by atoms with Crippen LogP contribution in [-0.2, 0) is 13.1 Å². The van der Waals surface area contributed by atoms with Gasteiger partial charge in [0, 0.05) is 4.47 Å². The molecule has 0 spiro atoms. The maximum absolute atomic E-state index is 3.49. The number of aromatic nitrogens is 2. The first kappa shape index (κ1) is 14.3. The molecule has 0 amide bonds. The van der Waals surface area contributed by atoms with Crippen molar-refractivity contribution in [3.05, 3.63) is 64.9 Å². The standard InChI is InChI=1S/C18H20BrN2/c1-2-3-12-20-14-21(18-7-5-4-6-17(18)20)13-15-8-10-16(19)11-9-15/h4-11,14H,2-3,12-13H2,1H3/q+1. The molecule has 0 N–H and O–H groups in total. The number of aryl methyl sites for hydroxylation is 1. The second-order valence-electron chi connectivity index (χ2n) is 5.41. The largest absolute Gasteiger partial charge is 0.245 e. The highest BCUT2D eigenvalue weighted by Crippen LogP contribution is 2.14. The Kier molecular flexibility index (Phi) is 4.39. The average Bonchev–Trinajstić information content (AvgIpc) is 2.86. The van der Waals surface area contributed by atoms with Crippen LogP contribution in [0.4, 0.5) is 0 Å². The van der Waals surface area contributed by atoms with Gasteiger partial charge < -0.3 is 0 Å². The van der Waals surface area contributed by atoms with Crippen molar-refractivity contribution in [2.24, 2.45) is 0 Å². The number of fused-ring (bicyclic) bond motifs is 1. The highest BCUT2D eigenvalue weighted by Gasteiger charge is 2.14. The maximum atomic E-state index is 3.49. The third-order valence-electron chi connectivity index (χ3n) is 3.80. The molecule has 3 aromatic rings. The molecule has 0 bridgehead atoms. The van der Waals surface area contributed by atoms with Gasteiger partial charge in [0.05, 0.1) is 6.54 Å². The highest BCUT2D eigenvalue weighted by molar-refractivity contribution is 9.10. The third-order valence-corrected chi connectivity index (χ3v) is 4.33. The van der Waals surface area contributed by atoms with Gasteiger partial charge in [-0.1, -0.05) is 53.5 Å². The van der Waals surface area contributed by atoms with Crippen LogP contribution in [0.15, 0.2) is 59.3 Å². The van der Waals surface area contributed by atoms with E-state index >= 15 is 0 Å². The summed E-state index contributed by atoms with van der Waals surface area (Å²) >= 11 is 3.49. The quantitative estimate of drug-likeness (QED) is 0.601. The molecule has 0 atom stereocenters. The molecule has 2 nitrogen and oxygen atoms in total. The number of unbranched alkanes of at least 4 members (excludes halogenated alkanes) is 1. The van der Waals surface area contributed by atoms with Crippen molar-refractivity contribution in [1.29, 1.82) is 0 Å². The predicted octanol–water partition coefficient (Wildman–Crippen LogP) is 4.54. The molecule has 2 aromatic carbocycles. The predicted molar refractivity (Wildman–Crippen MR) is 90.3 cm³/mol. The molecule has 0 aliphatic heterocycles. The lowest BCUT2D eigenvalue weighted by Gasteiger charge is -1.99.